The summed E-state index contributed by atoms with van der Waals surface area (Å²) in [6.07, 6.45) is 0.245. The highest BCUT2D eigenvalue weighted by molar-refractivity contribution is 4.71. The Morgan fingerprint density at radius 2 is 1.85 bits per heavy atom. The van der Waals surface area contributed by atoms with Crippen LogP contribution in [0.25, 0.3) is 0 Å². The zero-order chi connectivity index (χ0) is 10.3. The third-order valence-corrected chi connectivity index (χ3v) is 1.61. The van der Waals surface area contributed by atoms with Gasteiger partial charge in [0.15, 0.2) is 0 Å². The van der Waals surface area contributed by atoms with Gasteiger partial charge in [-0.1, -0.05) is 0 Å². The van der Waals surface area contributed by atoms with Crippen LogP contribution in [0, 0.1) is 0 Å². The normalized spacial score (nSPS) is 14.5. The first-order valence-corrected chi connectivity index (χ1v) is 4.81. The van der Waals surface area contributed by atoms with Gasteiger partial charge in [-0.15, -0.1) is 0 Å². The van der Waals surface area contributed by atoms with Crippen molar-refractivity contribution in [2.45, 2.75) is 39.3 Å². The molecule has 0 fully saturated rings. The third-order valence-electron chi connectivity index (χ3n) is 1.61. The van der Waals surface area contributed by atoms with Crippen LogP contribution in [-0.4, -0.2) is 38.5 Å². The van der Waals surface area contributed by atoms with Gasteiger partial charge in [0.1, 0.15) is 0 Å². The van der Waals surface area contributed by atoms with Crippen LogP contribution < -0.4 is 5.32 Å². The molecule has 3 heteroatoms. The molecule has 80 valence electrons. The van der Waals surface area contributed by atoms with E-state index < -0.39 is 0 Å². The number of nitrogens with one attached hydrogen (secondary N) is 1. The fraction of sp³-hybridized carbons (Fsp3) is 1.00. The number of ether oxygens (including phenoxy) is 2. The monoisotopic (exact) mass is 189 g/mol. The van der Waals surface area contributed by atoms with Crippen LogP contribution in [0.4, 0.5) is 0 Å². The molecule has 0 aliphatic heterocycles. The average Bonchev–Trinajstić information content (AvgIpc) is 2.00. The maximum Gasteiger partial charge on any atom is 0.0704 e. The average molecular weight is 189 g/mol. The molecule has 0 aliphatic carbocycles. The summed E-state index contributed by atoms with van der Waals surface area (Å²) in [5, 5.41) is 3.38. The SMILES string of the molecule is COCCOC(C)CNC(C)(C)C. The Kier molecular flexibility index (Phi) is 6.29. The van der Waals surface area contributed by atoms with Crippen LogP contribution in [0.5, 0.6) is 0 Å². The van der Waals surface area contributed by atoms with Crippen molar-refractivity contribution >= 4 is 0 Å². The van der Waals surface area contributed by atoms with Crippen molar-refractivity contribution in [1.82, 2.24) is 5.32 Å². The van der Waals surface area contributed by atoms with E-state index >= 15 is 0 Å². The number of methoxy groups -OCH3 is 1. The molecule has 0 spiro atoms. The molecule has 0 aromatic heterocycles. The van der Waals surface area contributed by atoms with Gasteiger partial charge in [-0.05, 0) is 27.7 Å². The van der Waals surface area contributed by atoms with Gasteiger partial charge in [-0.25, -0.2) is 0 Å². The van der Waals surface area contributed by atoms with Crippen molar-refractivity contribution in [2.24, 2.45) is 0 Å². The Bertz CT molecular complexity index is 121. The molecule has 13 heavy (non-hydrogen) atoms. The summed E-state index contributed by atoms with van der Waals surface area (Å²) < 4.78 is 10.4. The molecular formula is C10H23NO2. The molecule has 1 atom stereocenters. The van der Waals surface area contributed by atoms with Crippen LogP contribution >= 0.6 is 0 Å². The Morgan fingerprint density at radius 1 is 1.23 bits per heavy atom. The Morgan fingerprint density at radius 3 is 2.31 bits per heavy atom. The van der Waals surface area contributed by atoms with E-state index in [1.807, 2.05) is 0 Å². The lowest BCUT2D eigenvalue weighted by molar-refractivity contribution is 0.0242. The van der Waals surface area contributed by atoms with Gasteiger partial charge < -0.3 is 14.8 Å². The second-order valence-electron chi connectivity index (χ2n) is 4.31. The molecule has 0 saturated heterocycles. The van der Waals surface area contributed by atoms with E-state index in [9.17, 15) is 0 Å². The molecular weight excluding hydrogens is 166 g/mol. The van der Waals surface area contributed by atoms with Gasteiger partial charge >= 0.3 is 0 Å². The molecule has 0 amide bonds. The highest BCUT2D eigenvalue weighted by Crippen LogP contribution is 1.99. The Labute approximate surface area is 81.8 Å². The second kappa shape index (κ2) is 6.35. The lowest BCUT2D eigenvalue weighted by Gasteiger charge is -2.23. The first-order chi connectivity index (χ1) is 5.95. The van der Waals surface area contributed by atoms with Crippen molar-refractivity contribution in [2.75, 3.05) is 26.9 Å². The first kappa shape index (κ1) is 12.9. The van der Waals surface area contributed by atoms with Crippen LogP contribution in [0.1, 0.15) is 27.7 Å². The minimum Gasteiger partial charge on any atom is -0.382 e. The zero-order valence-electron chi connectivity index (χ0n) is 9.52. The standard InChI is InChI=1S/C10H23NO2/c1-9(13-7-6-12-5)8-11-10(2,3)4/h9,11H,6-8H2,1-5H3. The van der Waals surface area contributed by atoms with Crippen molar-refractivity contribution in [3.8, 4) is 0 Å². The molecule has 0 aromatic rings. The Balaban J connectivity index is 3.35. The largest absolute Gasteiger partial charge is 0.382 e. The molecule has 0 rings (SSSR count). The smallest absolute Gasteiger partial charge is 0.0704 e. The van der Waals surface area contributed by atoms with Crippen molar-refractivity contribution in [1.29, 1.82) is 0 Å². The highest BCUT2D eigenvalue weighted by atomic mass is 16.5. The molecule has 3 nitrogen and oxygen atoms in total. The van der Waals surface area contributed by atoms with Gasteiger partial charge in [0.2, 0.25) is 0 Å². The summed E-state index contributed by atoms with van der Waals surface area (Å²) in [6, 6.07) is 0. The topological polar surface area (TPSA) is 30.5 Å². The molecule has 0 heterocycles. The fourth-order valence-corrected chi connectivity index (χ4v) is 0.841. The van der Waals surface area contributed by atoms with Crippen LogP contribution in [0.3, 0.4) is 0 Å². The van der Waals surface area contributed by atoms with Crippen molar-refractivity contribution in [3.05, 3.63) is 0 Å². The van der Waals surface area contributed by atoms with Gasteiger partial charge in [0.25, 0.3) is 0 Å². The van der Waals surface area contributed by atoms with Crippen molar-refractivity contribution in [3.63, 3.8) is 0 Å². The van der Waals surface area contributed by atoms with E-state index in [4.69, 9.17) is 9.47 Å². The van der Waals surface area contributed by atoms with E-state index in [0.29, 0.717) is 13.2 Å². The minimum absolute atomic E-state index is 0.166. The Hall–Kier alpha value is -0.120. The third kappa shape index (κ3) is 9.80. The molecule has 0 radical (unpaired) electrons. The summed E-state index contributed by atoms with van der Waals surface area (Å²) in [5.74, 6) is 0. The predicted octanol–water partition coefficient (Wildman–Crippen LogP) is 1.43. The molecule has 1 unspecified atom stereocenters. The summed E-state index contributed by atoms with van der Waals surface area (Å²) in [6.45, 7) is 10.7. The number of hydrogen-bond acceptors (Lipinski definition) is 3. The van der Waals surface area contributed by atoms with E-state index in [1.54, 1.807) is 7.11 Å². The maximum absolute atomic E-state index is 5.49. The van der Waals surface area contributed by atoms with Gasteiger partial charge in [-0.3, -0.25) is 0 Å². The van der Waals surface area contributed by atoms with E-state index in [1.165, 1.54) is 0 Å². The lowest BCUT2D eigenvalue weighted by atomic mass is 10.1. The van der Waals surface area contributed by atoms with Crippen molar-refractivity contribution < 1.29 is 9.47 Å². The minimum atomic E-state index is 0.166. The second-order valence-corrected chi connectivity index (χ2v) is 4.31. The number of hydrogen-bond donors (Lipinski definition) is 1. The molecule has 0 bridgehead atoms. The molecule has 0 aliphatic rings. The van der Waals surface area contributed by atoms with Crippen LogP contribution in [0.15, 0.2) is 0 Å². The van der Waals surface area contributed by atoms with Crippen LogP contribution in [-0.2, 0) is 9.47 Å². The number of rotatable bonds is 6. The lowest BCUT2D eigenvalue weighted by Crippen LogP contribution is -2.41. The van der Waals surface area contributed by atoms with E-state index in [-0.39, 0.29) is 11.6 Å². The zero-order valence-corrected chi connectivity index (χ0v) is 9.52. The van der Waals surface area contributed by atoms with Gasteiger partial charge in [0, 0.05) is 19.2 Å². The molecule has 1 N–H and O–H groups in total. The van der Waals surface area contributed by atoms with Crippen LogP contribution in [0.2, 0.25) is 0 Å². The summed E-state index contributed by atoms with van der Waals surface area (Å²) >= 11 is 0. The fourth-order valence-electron chi connectivity index (χ4n) is 0.841. The molecule has 0 aromatic carbocycles. The quantitative estimate of drug-likeness (QED) is 0.641. The van der Waals surface area contributed by atoms with Gasteiger partial charge in [-0.2, -0.15) is 0 Å². The van der Waals surface area contributed by atoms with E-state index in [0.717, 1.165) is 6.54 Å². The molecule has 0 saturated carbocycles. The summed E-state index contributed by atoms with van der Waals surface area (Å²) in [5.41, 5.74) is 0.166. The van der Waals surface area contributed by atoms with Gasteiger partial charge in [0.05, 0.1) is 19.3 Å². The highest BCUT2D eigenvalue weighted by Gasteiger charge is 2.10. The van der Waals surface area contributed by atoms with E-state index in [2.05, 4.69) is 33.0 Å². The maximum atomic E-state index is 5.49. The first-order valence-electron chi connectivity index (χ1n) is 4.81. The summed E-state index contributed by atoms with van der Waals surface area (Å²) in [4.78, 5) is 0. The summed E-state index contributed by atoms with van der Waals surface area (Å²) in [7, 11) is 1.68. The predicted molar refractivity (Wildman–Crippen MR) is 55.0 cm³/mol.